The third-order valence-electron chi connectivity index (χ3n) is 10.5. The van der Waals surface area contributed by atoms with E-state index in [1.54, 1.807) is 0 Å². The minimum Gasteiger partial charge on any atom is -0.0620 e. The van der Waals surface area contributed by atoms with E-state index in [4.69, 9.17) is 0 Å². The summed E-state index contributed by atoms with van der Waals surface area (Å²) in [7, 11) is 0. The van der Waals surface area contributed by atoms with Crippen molar-refractivity contribution < 1.29 is 0 Å². The Kier molecular flexibility index (Phi) is 6.02. The average Bonchev–Trinajstić information content (AvgIpc) is 3.59. The Morgan fingerprint density at radius 3 is 1.48 bits per heavy atom. The highest BCUT2D eigenvalue weighted by molar-refractivity contribution is 5.90. The summed E-state index contributed by atoms with van der Waals surface area (Å²) in [6.45, 7) is 4.48. The molecule has 9 rings (SSSR count). The van der Waals surface area contributed by atoms with Gasteiger partial charge in [-0.2, -0.15) is 0 Å². The zero-order valence-corrected chi connectivity index (χ0v) is 26.2. The summed E-state index contributed by atoms with van der Waals surface area (Å²) in [6, 6.07) is 61.5. The molecular weight excluding hydrogens is 553 g/mol. The first-order valence-corrected chi connectivity index (χ1v) is 16.3. The molecule has 0 heteroatoms. The first-order valence-electron chi connectivity index (χ1n) is 16.3. The van der Waals surface area contributed by atoms with Crippen LogP contribution in [0.25, 0.3) is 33.4 Å². The maximum atomic E-state index is 2.43. The molecule has 0 bridgehead atoms. The molecule has 7 aromatic rings. The van der Waals surface area contributed by atoms with Gasteiger partial charge in [-0.15, -0.1) is 0 Å². The maximum absolute atomic E-state index is 2.43. The Bertz CT molecular complexity index is 2210. The van der Waals surface area contributed by atoms with Crippen LogP contribution in [-0.4, -0.2) is 0 Å². The first kappa shape index (κ1) is 26.9. The molecule has 7 aromatic carbocycles. The summed E-state index contributed by atoms with van der Waals surface area (Å²) in [5.41, 5.74) is 19.5. The zero-order valence-electron chi connectivity index (χ0n) is 26.2. The van der Waals surface area contributed by atoms with E-state index in [0.29, 0.717) is 0 Å². The van der Waals surface area contributed by atoms with E-state index < -0.39 is 5.41 Å². The number of fused-ring (bicyclic) bond motifs is 6. The zero-order chi connectivity index (χ0) is 30.8. The largest absolute Gasteiger partial charge is 0.0719 e. The topological polar surface area (TPSA) is 0 Å². The van der Waals surface area contributed by atoms with Crippen molar-refractivity contribution in [2.24, 2.45) is 0 Å². The standard InChI is InChI=1S/C46H34/c1-30-15-13-17-32(29-30)33-24-14-28-43(45(33)44-38-22-6-4-18-34(38)35-19-5-7-23-39(35)44)46(40-25-10-3-16-31(40)2)41-26-11-8-20-36(41)37-21-9-12-27-42(37)46/h3-29,44H,1-2H3. The van der Waals surface area contributed by atoms with Crippen LogP contribution < -0.4 is 0 Å². The van der Waals surface area contributed by atoms with Crippen molar-refractivity contribution in [2.75, 3.05) is 0 Å². The lowest BCUT2D eigenvalue weighted by Crippen LogP contribution is -2.31. The highest BCUT2D eigenvalue weighted by Gasteiger charge is 2.49. The predicted octanol–water partition coefficient (Wildman–Crippen LogP) is 11.5. The molecule has 0 heterocycles. The molecule has 218 valence electrons. The van der Waals surface area contributed by atoms with Gasteiger partial charge in [0.2, 0.25) is 0 Å². The lowest BCUT2D eigenvalue weighted by atomic mass is 9.63. The van der Waals surface area contributed by atoms with Crippen molar-refractivity contribution in [3.8, 4) is 33.4 Å². The summed E-state index contributed by atoms with van der Waals surface area (Å²) in [4.78, 5) is 0. The molecule has 0 spiro atoms. The van der Waals surface area contributed by atoms with Crippen LogP contribution in [0, 0.1) is 13.8 Å². The molecule has 0 aromatic heterocycles. The fourth-order valence-corrected chi connectivity index (χ4v) is 8.69. The van der Waals surface area contributed by atoms with Gasteiger partial charge in [0.15, 0.2) is 0 Å². The van der Waals surface area contributed by atoms with Crippen LogP contribution in [0.3, 0.4) is 0 Å². The number of hydrogen-bond donors (Lipinski definition) is 0. The lowest BCUT2D eigenvalue weighted by molar-refractivity contribution is 0.742. The molecule has 0 radical (unpaired) electrons. The van der Waals surface area contributed by atoms with Gasteiger partial charge in [-0.1, -0.05) is 169 Å². The lowest BCUT2D eigenvalue weighted by Gasteiger charge is -2.38. The van der Waals surface area contributed by atoms with Crippen LogP contribution >= 0.6 is 0 Å². The van der Waals surface area contributed by atoms with E-state index in [9.17, 15) is 0 Å². The summed E-state index contributed by atoms with van der Waals surface area (Å²) in [6.07, 6.45) is 0. The number of rotatable bonds is 4. The summed E-state index contributed by atoms with van der Waals surface area (Å²) in [5.74, 6) is 0.0833. The van der Waals surface area contributed by atoms with Crippen molar-refractivity contribution in [1.82, 2.24) is 0 Å². The Morgan fingerprint density at radius 2 is 0.870 bits per heavy atom. The van der Waals surface area contributed by atoms with Crippen LogP contribution in [0.1, 0.15) is 56.0 Å². The van der Waals surface area contributed by atoms with E-state index in [-0.39, 0.29) is 5.92 Å². The van der Waals surface area contributed by atoms with Gasteiger partial charge in [-0.25, -0.2) is 0 Å². The van der Waals surface area contributed by atoms with Crippen LogP contribution in [0.15, 0.2) is 164 Å². The first-order chi connectivity index (χ1) is 22.7. The molecule has 0 nitrogen and oxygen atoms in total. The molecule has 0 fully saturated rings. The second-order valence-electron chi connectivity index (χ2n) is 12.9. The smallest absolute Gasteiger partial charge is 0.0620 e. The third kappa shape index (κ3) is 3.68. The van der Waals surface area contributed by atoms with Gasteiger partial charge >= 0.3 is 0 Å². The van der Waals surface area contributed by atoms with Crippen LogP contribution in [0.4, 0.5) is 0 Å². The highest BCUT2D eigenvalue weighted by atomic mass is 14.5. The second kappa shape index (κ2) is 10.3. The molecule has 0 atom stereocenters. The van der Waals surface area contributed by atoms with E-state index in [2.05, 4.69) is 178 Å². The Hall–Kier alpha value is -5.46. The summed E-state index contributed by atoms with van der Waals surface area (Å²) in [5, 5.41) is 0. The fraction of sp³-hybridized carbons (Fsp3) is 0.0870. The van der Waals surface area contributed by atoms with Crippen LogP contribution in [0.5, 0.6) is 0 Å². The van der Waals surface area contributed by atoms with Gasteiger partial charge in [0, 0.05) is 5.92 Å². The molecule has 2 aliphatic rings. The van der Waals surface area contributed by atoms with Crippen molar-refractivity contribution in [3.05, 3.63) is 214 Å². The average molecular weight is 587 g/mol. The van der Waals surface area contributed by atoms with Crippen molar-refractivity contribution in [2.45, 2.75) is 25.2 Å². The monoisotopic (exact) mass is 586 g/mol. The summed E-state index contributed by atoms with van der Waals surface area (Å²) >= 11 is 0. The number of benzene rings is 7. The SMILES string of the molecule is Cc1cccc(-c2cccc(C3(c4ccccc4C)c4ccccc4-c4ccccc43)c2C2c3ccccc3-c3ccccc32)c1. The van der Waals surface area contributed by atoms with Gasteiger partial charge in [0.05, 0.1) is 5.41 Å². The van der Waals surface area contributed by atoms with Crippen molar-refractivity contribution in [1.29, 1.82) is 0 Å². The van der Waals surface area contributed by atoms with E-state index in [1.807, 2.05) is 0 Å². The normalized spacial score (nSPS) is 14.0. The predicted molar refractivity (Wildman–Crippen MR) is 191 cm³/mol. The van der Waals surface area contributed by atoms with Crippen molar-refractivity contribution >= 4 is 0 Å². The minimum atomic E-state index is -0.500. The second-order valence-corrected chi connectivity index (χ2v) is 12.9. The molecule has 0 N–H and O–H groups in total. The fourth-order valence-electron chi connectivity index (χ4n) is 8.69. The van der Waals surface area contributed by atoms with E-state index in [1.165, 1.54) is 83.5 Å². The molecule has 0 saturated heterocycles. The quantitative estimate of drug-likeness (QED) is 0.192. The van der Waals surface area contributed by atoms with Gasteiger partial charge in [0.1, 0.15) is 0 Å². The summed E-state index contributed by atoms with van der Waals surface area (Å²) < 4.78 is 0. The Labute approximate surface area is 271 Å². The highest BCUT2D eigenvalue weighted by Crippen LogP contribution is 2.60. The third-order valence-corrected chi connectivity index (χ3v) is 10.5. The van der Waals surface area contributed by atoms with Crippen LogP contribution in [0.2, 0.25) is 0 Å². The van der Waals surface area contributed by atoms with Gasteiger partial charge in [-0.05, 0) is 91.7 Å². The Morgan fingerprint density at radius 1 is 0.391 bits per heavy atom. The molecule has 0 amide bonds. The number of aryl methyl sites for hydroxylation is 2. The minimum absolute atomic E-state index is 0.0833. The van der Waals surface area contributed by atoms with Crippen molar-refractivity contribution in [3.63, 3.8) is 0 Å². The molecule has 0 unspecified atom stereocenters. The Balaban J connectivity index is 1.50. The molecular formula is C46H34. The number of hydrogen-bond acceptors (Lipinski definition) is 0. The van der Waals surface area contributed by atoms with Gasteiger partial charge < -0.3 is 0 Å². The van der Waals surface area contributed by atoms with E-state index >= 15 is 0 Å². The molecule has 2 aliphatic carbocycles. The molecule has 0 aliphatic heterocycles. The molecule has 46 heavy (non-hydrogen) atoms. The van der Waals surface area contributed by atoms with Gasteiger partial charge in [-0.3, -0.25) is 0 Å². The van der Waals surface area contributed by atoms with E-state index in [0.717, 1.165) is 0 Å². The molecule has 0 saturated carbocycles. The maximum Gasteiger partial charge on any atom is 0.0719 e. The van der Waals surface area contributed by atoms with Gasteiger partial charge in [0.25, 0.3) is 0 Å². The van der Waals surface area contributed by atoms with Crippen LogP contribution in [-0.2, 0) is 5.41 Å².